The third-order valence-electron chi connectivity index (χ3n) is 6.07. The first-order valence-electron chi connectivity index (χ1n) is 11.1. The van der Waals surface area contributed by atoms with E-state index in [-0.39, 0.29) is 35.6 Å². The summed E-state index contributed by atoms with van der Waals surface area (Å²) in [7, 11) is 0. The Labute approximate surface area is 190 Å². The molecule has 0 aliphatic carbocycles. The lowest BCUT2D eigenvalue weighted by Crippen LogP contribution is -2.41. The predicted molar refractivity (Wildman–Crippen MR) is 122 cm³/mol. The van der Waals surface area contributed by atoms with Crippen LogP contribution in [0.15, 0.2) is 29.1 Å². The molecule has 33 heavy (non-hydrogen) atoms. The van der Waals surface area contributed by atoms with Gasteiger partial charge in [0.15, 0.2) is 0 Å². The van der Waals surface area contributed by atoms with Crippen molar-refractivity contribution in [2.24, 2.45) is 5.92 Å². The molecule has 1 aromatic heterocycles. The maximum atomic E-state index is 13.0. The van der Waals surface area contributed by atoms with Crippen molar-refractivity contribution in [3.63, 3.8) is 0 Å². The van der Waals surface area contributed by atoms with Gasteiger partial charge < -0.3 is 20.3 Å². The molecule has 1 atom stereocenters. The van der Waals surface area contributed by atoms with Crippen molar-refractivity contribution >= 4 is 35.2 Å². The van der Waals surface area contributed by atoms with Gasteiger partial charge in [-0.3, -0.25) is 24.2 Å². The Morgan fingerprint density at radius 2 is 1.94 bits per heavy atom. The first kappa shape index (κ1) is 22.5. The Morgan fingerprint density at radius 1 is 1.21 bits per heavy atom. The molecular weight excluding hydrogens is 426 g/mol. The van der Waals surface area contributed by atoms with Crippen LogP contribution in [-0.4, -0.2) is 47.4 Å². The highest BCUT2D eigenvalue weighted by Gasteiger charge is 2.36. The van der Waals surface area contributed by atoms with Crippen LogP contribution in [0.4, 0.5) is 17.5 Å². The van der Waals surface area contributed by atoms with E-state index in [1.807, 2.05) is 24.0 Å². The van der Waals surface area contributed by atoms with Crippen molar-refractivity contribution in [2.45, 2.75) is 39.0 Å². The number of aryl methyl sites for hydroxylation is 1. The van der Waals surface area contributed by atoms with Crippen LogP contribution in [0.5, 0.6) is 0 Å². The summed E-state index contributed by atoms with van der Waals surface area (Å²) in [6, 6.07) is 7.29. The minimum atomic E-state index is -0.951. The lowest BCUT2D eigenvalue weighted by Gasteiger charge is -2.32. The number of amides is 2. The first-order valence-corrected chi connectivity index (χ1v) is 11.1. The highest BCUT2D eigenvalue weighted by Crippen LogP contribution is 2.31. The van der Waals surface area contributed by atoms with Gasteiger partial charge in [-0.25, -0.2) is 0 Å². The van der Waals surface area contributed by atoms with Gasteiger partial charge in [-0.05, 0) is 38.3 Å². The van der Waals surface area contributed by atoms with E-state index in [0.717, 1.165) is 5.56 Å². The van der Waals surface area contributed by atoms with Crippen LogP contribution in [-0.2, 0) is 19.1 Å². The number of para-hydroxylation sites is 1. The molecule has 10 heteroatoms. The van der Waals surface area contributed by atoms with Crippen LogP contribution in [0.25, 0.3) is 0 Å². The number of carbonyl (C=O) groups excluding carboxylic acids is 3. The molecule has 2 aromatic rings. The van der Waals surface area contributed by atoms with E-state index < -0.39 is 17.4 Å². The fraction of sp³-hybridized carbons (Fsp3) is 0.435. The lowest BCUT2D eigenvalue weighted by atomic mass is 9.92. The molecular formula is C23H27N5O5. The summed E-state index contributed by atoms with van der Waals surface area (Å²) < 4.78 is 5.10. The van der Waals surface area contributed by atoms with Crippen LogP contribution < -0.4 is 21.1 Å². The third-order valence-corrected chi connectivity index (χ3v) is 6.07. The van der Waals surface area contributed by atoms with Gasteiger partial charge >= 0.3 is 5.97 Å². The van der Waals surface area contributed by atoms with Gasteiger partial charge in [0.05, 0.1) is 24.0 Å². The van der Waals surface area contributed by atoms with Crippen molar-refractivity contribution in [1.82, 2.24) is 9.97 Å². The number of benzene rings is 1. The molecule has 2 aliphatic heterocycles. The summed E-state index contributed by atoms with van der Waals surface area (Å²) in [4.78, 5) is 59.4. The van der Waals surface area contributed by atoms with E-state index in [2.05, 4.69) is 20.6 Å². The molecule has 1 fully saturated rings. The van der Waals surface area contributed by atoms with Gasteiger partial charge in [-0.15, -0.1) is 0 Å². The molecule has 3 N–H and O–H groups in total. The van der Waals surface area contributed by atoms with Gasteiger partial charge in [0.25, 0.3) is 5.56 Å². The Kier molecular flexibility index (Phi) is 6.43. The van der Waals surface area contributed by atoms with Crippen molar-refractivity contribution in [3.05, 3.63) is 45.7 Å². The smallest absolute Gasteiger partial charge is 0.309 e. The quantitative estimate of drug-likeness (QED) is 0.589. The Balaban J connectivity index is 1.55. The topological polar surface area (TPSA) is 133 Å². The number of ether oxygens (including phenoxy) is 1. The Hall–Kier alpha value is -3.69. The zero-order valence-electron chi connectivity index (χ0n) is 18.6. The van der Waals surface area contributed by atoms with E-state index in [1.165, 1.54) is 0 Å². The molecule has 2 aliphatic rings. The van der Waals surface area contributed by atoms with Gasteiger partial charge in [-0.2, -0.15) is 4.98 Å². The zero-order chi connectivity index (χ0) is 23.5. The second kappa shape index (κ2) is 9.43. The first-order chi connectivity index (χ1) is 15.9. The minimum Gasteiger partial charge on any atom is -0.466 e. The maximum absolute atomic E-state index is 13.0. The Bertz CT molecular complexity index is 1140. The molecule has 0 saturated carbocycles. The maximum Gasteiger partial charge on any atom is 0.309 e. The van der Waals surface area contributed by atoms with Crippen LogP contribution >= 0.6 is 0 Å². The predicted octanol–water partition coefficient (Wildman–Crippen LogP) is 1.92. The van der Waals surface area contributed by atoms with Crippen LogP contribution in [0.2, 0.25) is 0 Å². The van der Waals surface area contributed by atoms with E-state index in [1.54, 1.807) is 19.1 Å². The molecule has 3 heterocycles. The number of aromatic nitrogens is 2. The highest BCUT2D eigenvalue weighted by molar-refractivity contribution is 6.04. The number of nitrogens with one attached hydrogen (secondary N) is 3. The number of hydrogen-bond donors (Lipinski definition) is 3. The SMILES string of the molecule is CCOC(=O)C1CCN(c2nc3c(c(=O)[nH]2)[C@H](C(=O)Nc2ccccc2C)CC(=O)N3)CC1. The normalized spacial score (nSPS) is 18.3. The van der Waals surface area contributed by atoms with E-state index in [0.29, 0.717) is 44.2 Å². The number of rotatable bonds is 5. The number of aromatic amines is 1. The summed E-state index contributed by atoms with van der Waals surface area (Å²) in [5, 5.41) is 5.45. The van der Waals surface area contributed by atoms with Crippen molar-refractivity contribution < 1.29 is 19.1 Å². The summed E-state index contributed by atoms with van der Waals surface area (Å²) in [5.41, 5.74) is 1.18. The van der Waals surface area contributed by atoms with Crippen LogP contribution in [0.3, 0.4) is 0 Å². The molecule has 174 valence electrons. The van der Waals surface area contributed by atoms with E-state index in [4.69, 9.17) is 4.74 Å². The standard InChI is InChI=1S/C23H27N5O5/c1-3-33-22(32)14-8-10-28(11-9-14)23-26-19-18(21(31)27-23)15(12-17(29)25-19)20(30)24-16-7-5-4-6-13(16)2/h4-7,14-15H,3,8-12H2,1-2H3,(H,24,30)(H2,25,26,27,29,31)/t15-/m1/s1. The molecule has 10 nitrogen and oxygen atoms in total. The average Bonchev–Trinajstić information content (AvgIpc) is 2.80. The number of piperidine rings is 1. The van der Waals surface area contributed by atoms with Gasteiger partial charge in [-0.1, -0.05) is 18.2 Å². The highest BCUT2D eigenvalue weighted by atomic mass is 16.5. The van der Waals surface area contributed by atoms with Crippen LogP contribution in [0.1, 0.15) is 43.2 Å². The fourth-order valence-corrected chi connectivity index (χ4v) is 4.25. The number of hydrogen-bond acceptors (Lipinski definition) is 7. The second-order valence-corrected chi connectivity index (χ2v) is 8.27. The van der Waals surface area contributed by atoms with Crippen LogP contribution in [0, 0.1) is 12.8 Å². The summed E-state index contributed by atoms with van der Waals surface area (Å²) in [5.74, 6) is -1.75. The van der Waals surface area contributed by atoms with Crippen molar-refractivity contribution in [3.8, 4) is 0 Å². The summed E-state index contributed by atoms with van der Waals surface area (Å²) >= 11 is 0. The lowest BCUT2D eigenvalue weighted by molar-refractivity contribution is -0.148. The molecule has 4 rings (SSSR count). The zero-order valence-corrected chi connectivity index (χ0v) is 18.6. The number of nitrogens with zero attached hydrogens (tertiary/aromatic N) is 2. The number of H-pyrrole nitrogens is 1. The molecule has 0 radical (unpaired) electrons. The second-order valence-electron chi connectivity index (χ2n) is 8.27. The monoisotopic (exact) mass is 453 g/mol. The van der Waals surface area contributed by atoms with Crippen molar-refractivity contribution in [1.29, 1.82) is 0 Å². The molecule has 1 saturated heterocycles. The summed E-state index contributed by atoms with van der Waals surface area (Å²) in [6.07, 6.45) is 1.01. The molecule has 0 bridgehead atoms. The molecule has 2 amide bonds. The van der Waals surface area contributed by atoms with Crippen molar-refractivity contribution in [2.75, 3.05) is 35.2 Å². The van der Waals surface area contributed by atoms with Gasteiger partial charge in [0.2, 0.25) is 17.8 Å². The number of fused-ring (bicyclic) bond motifs is 1. The Morgan fingerprint density at radius 3 is 2.64 bits per heavy atom. The molecule has 1 aromatic carbocycles. The number of esters is 1. The summed E-state index contributed by atoms with van der Waals surface area (Å²) in [6.45, 7) is 5.00. The fourth-order valence-electron chi connectivity index (χ4n) is 4.25. The molecule has 0 unspecified atom stereocenters. The third kappa shape index (κ3) is 4.74. The minimum absolute atomic E-state index is 0.0995. The van der Waals surface area contributed by atoms with Gasteiger partial charge in [0.1, 0.15) is 5.82 Å². The average molecular weight is 453 g/mol. The van der Waals surface area contributed by atoms with E-state index in [9.17, 15) is 19.2 Å². The van der Waals surface area contributed by atoms with Gasteiger partial charge in [0, 0.05) is 25.2 Å². The number of carbonyl (C=O) groups is 3. The largest absolute Gasteiger partial charge is 0.466 e. The molecule has 0 spiro atoms. The number of anilines is 3. The van der Waals surface area contributed by atoms with E-state index >= 15 is 0 Å².